The third-order valence-electron chi connectivity index (χ3n) is 4.16. The van der Waals surface area contributed by atoms with Crippen LogP contribution in [0, 0.1) is 5.92 Å². The molecule has 21 heavy (non-hydrogen) atoms. The molecular weight excluding hydrogens is 262 g/mol. The van der Waals surface area contributed by atoms with E-state index in [9.17, 15) is 4.79 Å². The highest BCUT2D eigenvalue weighted by molar-refractivity contribution is 5.77. The number of carbonyl (C=O) groups is 1. The molecule has 2 rings (SSSR count). The van der Waals surface area contributed by atoms with Gasteiger partial charge >= 0.3 is 0 Å². The number of hydrogen-bond acceptors (Lipinski definition) is 3. The molecule has 1 aromatic rings. The van der Waals surface area contributed by atoms with Crippen LogP contribution in [0.3, 0.4) is 0 Å². The molecule has 1 saturated heterocycles. The first-order valence-electron chi connectivity index (χ1n) is 7.89. The van der Waals surface area contributed by atoms with Gasteiger partial charge in [0.05, 0.1) is 0 Å². The summed E-state index contributed by atoms with van der Waals surface area (Å²) < 4.78 is 0. The number of piperazine rings is 1. The molecule has 1 aromatic carbocycles. The van der Waals surface area contributed by atoms with E-state index < -0.39 is 0 Å². The van der Waals surface area contributed by atoms with E-state index in [1.807, 2.05) is 13.8 Å². The lowest BCUT2D eigenvalue weighted by atomic mass is 10.2. The van der Waals surface area contributed by atoms with Crippen molar-refractivity contribution in [3.8, 4) is 0 Å². The Morgan fingerprint density at radius 1 is 1.10 bits per heavy atom. The van der Waals surface area contributed by atoms with E-state index in [0.29, 0.717) is 6.04 Å². The summed E-state index contributed by atoms with van der Waals surface area (Å²) in [5.74, 6) is 0.205. The number of rotatable bonds is 5. The normalized spacial score (nSPS) is 17.8. The zero-order valence-corrected chi connectivity index (χ0v) is 13.4. The number of nitrogens with zero attached hydrogens (tertiary/aromatic N) is 2. The highest BCUT2D eigenvalue weighted by Gasteiger charge is 2.21. The Labute approximate surface area is 128 Å². The van der Waals surface area contributed by atoms with Gasteiger partial charge in [0.15, 0.2) is 0 Å². The van der Waals surface area contributed by atoms with Crippen molar-refractivity contribution in [3.63, 3.8) is 0 Å². The maximum Gasteiger partial charge on any atom is 0.222 e. The molecule has 1 heterocycles. The Kier molecular flexibility index (Phi) is 5.62. The van der Waals surface area contributed by atoms with Gasteiger partial charge in [-0.1, -0.05) is 32.0 Å². The zero-order valence-electron chi connectivity index (χ0n) is 13.4. The molecule has 1 unspecified atom stereocenters. The van der Waals surface area contributed by atoms with Crippen LogP contribution in [0.4, 0.5) is 5.69 Å². The van der Waals surface area contributed by atoms with Crippen molar-refractivity contribution in [2.24, 2.45) is 5.92 Å². The minimum absolute atomic E-state index is 0.0622. The molecule has 0 bridgehead atoms. The summed E-state index contributed by atoms with van der Waals surface area (Å²) in [6.07, 6.45) is 0. The van der Waals surface area contributed by atoms with Crippen LogP contribution in [0.1, 0.15) is 20.8 Å². The van der Waals surface area contributed by atoms with Crippen molar-refractivity contribution in [2.45, 2.75) is 26.8 Å². The Hall–Kier alpha value is -1.55. The first kappa shape index (κ1) is 15.8. The second-order valence-electron chi connectivity index (χ2n) is 6.11. The highest BCUT2D eigenvalue weighted by Crippen LogP contribution is 2.16. The Bertz CT molecular complexity index is 439. The van der Waals surface area contributed by atoms with E-state index in [2.05, 4.69) is 52.4 Å². The van der Waals surface area contributed by atoms with Crippen LogP contribution in [0.5, 0.6) is 0 Å². The van der Waals surface area contributed by atoms with Gasteiger partial charge in [0.2, 0.25) is 5.91 Å². The highest BCUT2D eigenvalue weighted by atomic mass is 16.1. The van der Waals surface area contributed by atoms with E-state index in [4.69, 9.17) is 0 Å². The molecule has 1 atom stereocenters. The fourth-order valence-corrected chi connectivity index (χ4v) is 2.64. The maximum atomic E-state index is 11.6. The number of para-hydroxylation sites is 1. The van der Waals surface area contributed by atoms with Gasteiger partial charge < -0.3 is 10.2 Å². The lowest BCUT2D eigenvalue weighted by Gasteiger charge is -2.39. The van der Waals surface area contributed by atoms with Gasteiger partial charge in [0.1, 0.15) is 0 Å². The van der Waals surface area contributed by atoms with Gasteiger partial charge in [-0.05, 0) is 19.1 Å². The maximum absolute atomic E-state index is 11.6. The van der Waals surface area contributed by atoms with Gasteiger partial charge in [0, 0.05) is 50.4 Å². The predicted molar refractivity (Wildman–Crippen MR) is 87.5 cm³/mol. The topological polar surface area (TPSA) is 35.6 Å². The molecule has 0 saturated carbocycles. The van der Waals surface area contributed by atoms with Gasteiger partial charge in [-0.25, -0.2) is 0 Å². The first-order chi connectivity index (χ1) is 10.1. The third-order valence-corrected chi connectivity index (χ3v) is 4.16. The summed E-state index contributed by atoms with van der Waals surface area (Å²) >= 11 is 0. The largest absolute Gasteiger partial charge is 0.369 e. The number of amides is 1. The van der Waals surface area contributed by atoms with Crippen LogP contribution >= 0.6 is 0 Å². The second kappa shape index (κ2) is 7.46. The van der Waals surface area contributed by atoms with Crippen molar-refractivity contribution in [1.29, 1.82) is 0 Å². The summed E-state index contributed by atoms with van der Waals surface area (Å²) in [5.41, 5.74) is 1.30. The standard InChI is InChI=1S/C17H27N3O/c1-14(2)17(21)18-13-15(3)19-9-11-20(12-10-19)16-7-5-4-6-8-16/h4-8,14-15H,9-13H2,1-3H3,(H,18,21). The van der Waals surface area contributed by atoms with Crippen LogP contribution in [-0.4, -0.2) is 49.6 Å². The zero-order chi connectivity index (χ0) is 15.2. The number of anilines is 1. The minimum Gasteiger partial charge on any atom is -0.369 e. The van der Waals surface area contributed by atoms with Gasteiger partial charge in [-0.15, -0.1) is 0 Å². The molecule has 1 fully saturated rings. The van der Waals surface area contributed by atoms with Crippen LogP contribution < -0.4 is 10.2 Å². The summed E-state index contributed by atoms with van der Waals surface area (Å²) in [4.78, 5) is 16.5. The average Bonchev–Trinajstić information content (AvgIpc) is 2.53. The summed E-state index contributed by atoms with van der Waals surface area (Å²) in [7, 11) is 0. The quantitative estimate of drug-likeness (QED) is 0.900. The van der Waals surface area contributed by atoms with E-state index >= 15 is 0 Å². The van der Waals surface area contributed by atoms with Crippen molar-refractivity contribution < 1.29 is 4.79 Å². The Balaban J connectivity index is 1.77. The Morgan fingerprint density at radius 3 is 2.29 bits per heavy atom. The van der Waals surface area contributed by atoms with Crippen molar-refractivity contribution >= 4 is 11.6 Å². The molecule has 1 aliphatic rings. The monoisotopic (exact) mass is 289 g/mol. The van der Waals surface area contributed by atoms with Crippen LogP contribution in [0.2, 0.25) is 0 Å². The van der Waals surface area contributed by atoms with Crippen LogP contribution in [0.15, 0.2) is 30.3 Å². The molecule has 0 aromatic heterocycles. The molecule has 116 valence electrons. The third kappa shape index (κ3) is 4.46. The second-order valence-corrected chi connectivity index (χ2v) is 6.11. The average molecular weight is 289 g/mol. The molecular formula is C17H27N3O. The summed E-state index contributed by atoms with van der Waals surface area (Å²) in [6, 6.07) is 11.0. The van der Waals surface area contributed by atoms with Crippen molar-refractivity contribution in [3.05, 3.63) is 30.3 Å². The van der Waals surface area contributed by atoms with Gasteiger partial charge in [0.25, 0.3) is 0 Å². The fraction of sp³-hybridized carbons (Fsp3) is 0.588. The van der Waals surface area contributed by atoms with E-state index in [0.717, 1.165) is 32.7 Å². The number of carbonyl (C=O) groups excluding carboxylic acids is 1. The SMILES string of the molecule is CC(C)C(=O)NCC(C)N1CCN(c2ccccc2)CC1. The number of benzene rings is 1. The minimum atomic E-state index is 0.0622. The molecule has 0 radical (unpaired) electrons. The van der Waals surface area contributed by atoms with Crippen molar-refractivity contribution in [1.82, 2.24) is 10.2 Å². The number of nitrogens with one attached hydrogen (secondary N) is 1. The first-order valence-corrected chi connectivity index (χ1v) is 7.89. The smallest absolute Gasteiger partial charge is 0.222 e. The molecule has 0 aliphatic carbocycles. The Morgan fingerprint density at radius 2 is 1.71 bits per heavy atom. The molecule has 0 spiro atoms. The van der Waals surface area contributed by atoms with E-state index in [-0.39, 0.29) is 11.8 Å². The molecule has 4 heteroatoms. The summed E-state index contributed by atoms with van der Waals surface area (Å²) in [5, 5.41) is 3.03. The van der Waals surface area contributed by atoms with Crippen LogP contribution in [0.25, 0.3) is 0 Å². The predicted octanol–water partition coefficient (Wildman–Crippen LogP) is 1.97. The number of hydrogen-bond donors (Lipinski definition) is 1. The lowest BCUT2D eigenvalue weighted by Crippen LogP contribution is -2.52. The van der Waals surface area contributed by atoms with Gasteiger partial charge in [-0.3, -0.25) is 9.69 Å². The van der Waals surface area contributed by atoms with E-state index in [1.54, 1.807) is 0 Å². The fourth-order valence-electron chi connectivity index (χ4n) is 2.64. The van der Waals surface area contributed by atoms with Crippen molar-refractivity contribution in [2.75, 3.05) is 37.6 Å². The molecule has 1 amide bonds. The van der Waals surface area contributed by atoms with Gasteiger partial charge in [-0.2, -0.15) is 0 Å². The van der Waals surface area contributed by atoms with E-state index in [1.165, 1.54) is 5.69 Å². The molecule has 1 aliphatic heterocycles. The molecule has 4 nitrogen and oxygen atoms in total. The summed E-state index contributed by atoms with van der Waals surface area (Å²) in [6.45, 7) is 11.0. The molecule has 1 N–H and O–H groups in total. The lowest BCUT2D eigenvalue weighted by molar-refractivity contribution is -0.124. The van der Waals surface area contributed by atoms with Crippen LogP contribution in [-0.2, 0) is 4.79 Å².